The van der Waals surface area contributed by atoms with Crippen LogP contribution in [0.5, 0.6) is 0 Å². The second-order valence-corrected chi connectivity index (χ2v) is 5.18. The van der Waals surface area contributed by atoms with Crippen LogP contribution >= 0.6 is 11.6 Å². The van der Waals surface area contributed by atoms with E-state index in [0.717, 1.165) is 5.56 Å². The first-order valence-electron chi connectivity index (χ1n) is 6.90. The summed E-state index contributed by atoms with van der Waals surface area (Å²) in [4.78, 5) is 23.0. The summed E-state index contributed by atoms with van der Waals surface area (Å²) in [5, 5.41) is 12.4. The number of furan rings is 1. The highest BCUT2D eigenvalue weighted by atomic mass is 35.5. The number of hydrogen-bond donors (Lipinski definition) is 2. The molecular weight excluding hydrogens is 306 g/mol. The van der Waals surface area contributed by atoms with Gasteiger partial charge in [0, 0.05) is 24.1 Å². The van der Waals surface area contributed by atoms with Crippen LogP contribution in [-0.2, 0) is 12.8 Å². The van der Waals surface area contributed by atoms with Crippen molar-refractivity contribution in [3.8, 4) is 0 Å². The molecule has 0 aliphatic carbocycles. The van der Waals surface area contributed by atoms with Crippen LogP contribution in [0.4, 0.5) is 0 Å². The van der Waals surface area contributed by atoms with E-state index in [1.54, 1.807) is 19.1 Å². The van der Waals surface area contributed by atoms with E-state index in [1.807, 2.05) is 12.1 Å². The Morgan fingerprint density at radius 2 is 1.95 bits per heavy atom. The van der Waals surface area contributed by atoms with Crippen molar-refractivity contribution in [3.05, 3.63) is 58.0 Å². The number of aryl methyl sites for hydroxylation is 1. The van der Waals surface area contributed by atoms with Crippen LogP contribution in [-0.4, -0.2) is 23.5 Å². The van der Waals surface area contributed by atoms with Gasteiger partial charge < -0.3 is 14.8 Å². The summed E-state index contributed by atoms with van der Waals surface area (Å²) in [6.07, 6.45) is 1.07. The molecule has 0 aliphatic rings. The van der Waals surface area contributed by atoms with Gasteiger partial charge in [0.05, 0.1) is 0 Å². The summed E-state index contributed by atoms with van der Waals surface area (Å²) in [6, 6.07) is 8.62. The van der Waals surface area contributed by atoms with Gasteiger partial charge in [0.2, 0.25) is 0 Å². The second-order valence-electron chi connectivity index (χ2n) is 4.74. The number of rotatable bonds is 6. The number of hydrogen-bond acceptors (Lipinski definition) is 3. The minimum atomic E-state index is -1.10. The summed E-state index contributed by atoms with van der Waals surface area (Å²) in [7, 11) is 0. The van der Waals surface area contributed by atoms with Crippen molar-refractivity contribution in [2.75, 3.05) is 6.54 Å². The zero-order chi connectivity index (χ0) is 16.1. The van der Waals surface area contributed by atoms with Crippen LogP contribution < -0.4 is 5.32 Å². The smallest absolute Gasteiger partial charge is 0.339 e. The van der Waals surface area contributed by atoms with Crippen molar-refractivity contribution in [1.82, 2.24) is 5.32 Å². The maximum absolute atomic E-state index is 12.0. The monoisotopic (exact) mass is 321 g/mol. The number of carbonyl (C=O) groups is 2. The molecule has 0 radical (unpaired) electrons. The standard InChI is InChI=1S/C16H16ClNO4/c1-2-13-12(16(20)21)9-14(22-13)15(19)18-8-7-10-3-5-11(17)6-4-10/h3-6,9H,2,7-8H2,1H3,(H,18,19)(H,20,21). The first-order chi connectivity index (χ1) is 10.5. The summed E-state index contributed by atoms with van der Waals surface area (Å²) >= 11 is 5.80. The van der Waals surface area contributed by atoms with Gasteiger partial charge in [-0.3, -0.25) is 4.79 Å². The molecule has 1 amide bonds. The van der Waals surface area contributed by atoms with E-state index >= 15 is 0 Å². The Kier molecular flexibility index (Phi) is 5.22. The molecule has 0 unspecified atom stereocenters. The summed E-state index contributed by atoms with van der Waals surface area (Å²) in [6.45, 7) is 2.19. The molecule has 0 fully saturated rings. The first kappa shape index (κ1) is 16.1. The van der Waals surface area contributed by atoms with Gasteiger partial charge in [0.25, 0.3) is 5.91 Å². The Hall–Kier alpha value is -2.27. The number of benzene rings is 1. The molecule has 1 aromatic heterocycles. The molecule has 2 N–H and O–H groups in total. The Balaban J connectivity index is 1.95. The largest absolute Gasteiger partial charge is 0.478 e. The number of carboxylic acids is 1. The molecule has 22 heavy (non-hydrogen) atoms. The van der Waals surface area contributed by atoms with Crippen molar-refractivity contribution in [2.45, 2.75) is 19.8 Å². The van der Waals surface area contributed by atoms with Gasteiger partial charge >= 0.3 is 5.97 Å². The van der Waals surface area contributed by atoms with E-state index in [4.69, 9.17) is 21.1 Å². The molecule has 1 aromatic carbocycles. The average molecular weight is 322 g/mol. The van der Waals surface area contributed by atoms with Gasteiger partial charge in [-0.2, -0.15) is 0 Å². The van der Waals surface area contributed by atoms with Crippen molar-refractivity contribution in [3.63, 3.8) is 0 Å². The fourth-order valence-electron chi connectivity index (χ4n) is 2.04. The van der Waals surface area contributed by atoms with Crippen LogP contribution in [0, 0.1) is 0 Å². The molecule has 0 atom stereocenters. The maximum atomic E-state index is 12.0. The topological polar surface area (TPSA) is 79.5 Å². The molecule has 116 valence electrons. The normalized spacial score (nSPS) is 10.5. The Morgan fingerprint density at radius 1 is 1.27 bits per heavy atom. The minimum Gasteiger partial charge on any atom is -0.478 e. The van der Waals surface area contributed by atoms with Gasteiger partial charge in [-0.25, -0.2) is 4.79 Å². The van der Waals surface area contributed by atoms with Gasteiger partial charge in [-0.15, -0.1) is 0 Å². The fourth-order valence-corrected chi connectivity index (χ4v) is 2.17. The first-order valence-corrected chi connectivity index (χ1v) is 7.27. The number of carboxylic acid groups (broad SMARTS) is 1. The minimum absolute atomic E-state index is 0.0188. The molecule has 2 aromatic rings. The predicted octanol–water partition coefficient (Wildman–Crippen LogP) is 3.17. The van der Waals surface area contributed by atoms with Crippen LogP contribution in [0.3, 0.4) is 0 Å². The Bertz CT molecular complexity index is 676. The lowest BCUT2D eigenvalue weighted by Crippen LogP contribution is -2.25. The number of nitrogens with one attached hydrogen (secondary N) is 1. The summed E-state index contributed by atoms with van der Waals surface area (Å²) in [5.74, 6) is -1.20. The van der Waals surface area contributed by atoms with Gasteiger partial charge in [-0.1, -0.05) is 30.7 Å². The zero-order valence-electron chi connectivity index (χ0n) is 12.1. The van der Waals surface area contributed by atoms with Gasteiger partial charge in [0.1, 0.15) is 11.3 Å². The molecule has 0 spiro atoms. The maximum Gasteiger partial charge on any atom is 0.339 e. The molecule has 5 nitrogen and oxygen atoms in total. The third-order valence-corrected chi connectivity index (χ3v) is 3.45. The summed E-state index contributed by atoms with van der Waals surface area (Å²) in [5.41, 5.74) is 1.08. The predicted molar refractivity (Wildman–Crippen MR) is 82.5 cm³/mol. The van der Waals surface area contributed by atoms with Crippen molar-refractivity contribution in [2.24, 2.45) is 0 Å². The van der Waals surface area contributed by atoms with Crippen molar-refractivity contribution in [1.29, 1.82) is 0 Å². The number of halogens is 1. The number of amides is 1. The highest BCUT2D eigenvalue weighted by Gasteiger charge is 2.19. The Labute approximate surface area is 132 Å². The molecular formula is C16H16ClNO4. The van der Waals surface area contributed by atoms with Crippen LogP contribution in [0.25, 0.3) is 0 Å². The average Bonchev–Trinajstić information content (AvgIpc) is 2.94. The molecule has 0 aliphatic heterocycles. The van der Waals surface area contributed by atoms with E-state index in [-0.39, 0.29) is 11.3 Å². The fraction of sp³-hybridized carbons (Fsp3) is 0.250. The zero-order valence-corrected chi connectivity index (χ0v) is 12.8. The van der Waals surface area contributed by atoms with Crippen LogP contribution in [0.1, 0.15) is 39.2 Å². The number of carbonyl (C=O) groups excluding carboxylic acids is 1. The van der Waals surface area contributed by atoms with Gasteiger partial charge in [0.15, 0.2) is 5.76 Å². The van der Waals surface area contributed by atoms with Crippen LogP contribution in [0.15, 0.2) is 34.7 Å². The van der Waals surface area contributed by atoms with Crippen molar-refractivity contribution < 1.29 is 19.1 Å². The third kappa shape index (κ3) is 3.89. The molecule has 1 heterocycles. The van der Waals surface area contributed by atoms with Gasteiger partial charge in [-0.05, 0) is 24.1 Å². The highest BCUT2D eigenvalue weighted by molar-refractivity contribution is 6.30. The second kappa shape index (κ2) is 7.13. The molecule has 2 rings (SSSR count). The quantitative estimate of drug-likeness (QED) is 0.856. The lowest BCUT2D eigenvalue weighted by atomic mass is 10.1. The molecule has 0 bridgehead atoms. The van der Waals surface area contributed by atoms with E-state index in [2.05, 4.69) is 5.32 Å². The Morgan fingerprint density at radius 3 is 2.50 bits per heavy atom. The third-order valence-electron chi connectivity index (χ3n) is 3.20. The van der Waals surface area contributed by atoms with E-state index in [1.165, 1.54) is 6.07 Å². The lowest BCUT2D eigenvalue weighted by Gasteiger charge is -2.03. The summed E-state index contributed by atoms with van der Waals surface area (Å²) < 4.78 is 5.30. The lowest BCUT2D eigenvalue weighted by molar-refractivity contribution is 0.0694. The van der Waals surface area contributed by atoms with Crippen LogP contribution in [0.2, 0.25) is 5.02 Å². The molecule has 6 heteroatoms. The molecule has 0 saturated carbocycles. The SMILES string of the molecule is CCc1oc(C(=O)NCCc2ccc(Cl)cc2)cc1C(=O)O. The van der Waals surface area contributed by atoms with E-state index < -0.39 is 11.9 Å². The van der Waals surface area contributed by atoms with E-state index in [9.17, 15) is 9.59 Å². The van der Waals surface area contributed by atoms with Crippen molar-refractivity contribution >= 4 is 23.5 Å². The number of aromatic carboxylic acids is 1. The van der Waals surface area contributed by atoms with E-state index in [0.29, 0.717) is 30.2 Å². The highest BCUT2D eigenvalue weighted by Crippen LogP contribution is 2.16. The molecule has 0 saturated heterocycles.